The summed E-state index contributed by atoms with van der Waals surface area (Å²) in [6.45, 7) is 15.2. The molecule has 0 heterocycles. The number of nitrogens with one attached hydrogen (secondary N) is 1. The second-order valence-electron chi connectivity index (χ2n) is 6.14. The van der Waals surface area contributed by atoms with E-state index in [0.717, 1.165) is 12.6 Å². The van der Waals surface area contributed by atoms with Gasteiger partial charge in [-0.2, -0.15) is 0 Å². The largest absolute Gasteiger partial charge is 0.313 e. The molecule has 1 rings (SSSR count). The van der Waals surface area contributed by atoms with Gasteiger partial charge in [0.25, 0.3) is 0 Å². The molecule has 0 aromatic rings. The van der Waals surface area contributed by atoms with Crippen molar-refractivity contribution < 1.29 is 0 Å². The maximum Gasteiger partial charge on any atom is 0.00684 e. The molecular weight excluding hydrogens is 196 g/mol. The number of hydrogen-bond acceptors (Lipinski definition) is 2. The monoisotopic (exact) mass is 226 g/mol. The summed E-state index contributed by atoms with van der Waals surface area (Å²) in [5.41, 5.74) is 0.391. The average Bonchev–Trinajstić information content (AvgIpc) is 3.06. The predicted molar refractivity (Wildman–Crippen MR) is 71.8 cm³/mol. The van der Waals surface area contributed by atoms with E-state index in [1.54, 1.807) is 0 Å². The molecule has 0 aliphatic heterocycles. The van der Waals surface area contributed by atoms with Crippen LogP contribution in [-0.4, -0.2) is 36.6 Å². The van der Waals surface area contributed by atoms with Crippen LogP contribution >= 0.6 is 0 Å². The molecule has 0 saturated heterocycles. The first kappa shape index (κ1) is 14.0. The summed E-state index contributed by atoms with van der Waals surface area (Å²) in [7, 11) is 0. The minimum absolute atomic E-state index is 0.391. The van der Waals surface area contributed by atoms with Crippen molar-refractivity contribution in [3.63, 3.8) is 0 Å². The average molecular weight is 226 g/mol. The van der Waals surface area contributed by atoms with E-state index >= 15 is 0 Å². The van der Waals surface area contributed by atoms with E-state index in [9.17, 15) is 0 Å². The van der Waals surface area contributed by atoms with Crippen molar-refractivity contribution >= 4 is 0 Å². The third-order valence-corrected chi connectivity index (χ3v) is 3.70. The van der Waals surface area contributed by atoms with Gasteiger partial charge in [-0.05, 0) is 38.1 Å². The highest BCUT2D eigenvalue weighted by Crippen LogP contribution is 2.23. The Morgan fingerprint density at radius 3 is 2.38 bits per heavy atom. The Labute approximate surface area is 102 Å². The highest BCUT2D eigenvalue weighted by Gasteiger charge is 2.27. The summed E-state index contributed by atoms with van der Waals surface area (Å²) in [6, 6.07) is 1.54. The van der Waals surface area contributed by atoms with Gasteiger partial charge in [0.05, 0.1) is 0 Å². The lowest BCUT2D eigenvalue weighted by Crippen LogP contribution is -2.44. The predicted octanol–water partition coefficient (Wildman–Crippen LogP) is 2.89. The Hall–Kier alpha value is -0.0800. The highest BCUT2D eigenvalue weighted by molar-refractivity contribution is 4.85. The van der Waals surface area contributed by atoms with Crippen LogP contribution in [0.15, 0.2) is 0 Å². The zero-order chi connectivity index (χ0) is 12.2. The molecule has 1 fully saturated rings. The molecule has 2 heteroatoms. The van der Waals surface area contributed by atoms with Crippen LogP contribution in [0.5, 0.6) is 0 Å². The first-order valence-electron chi connectivity index (χ1n) is 6.96. The van der Waals surface area contributed by atoms with Gasteiger partial charge >= 0.3 is 0 Å². The Morgan fingerprint density at radius 1 is 1.31 bits per heavy atom. The molecule has 1 saturated carbocycles. The third-order valence-electron chi connectivity index (χ3n) is 3.70. The van der Waals surface area contributed by atoms with Gasteiger partial charge in [0.1, 0.15) is 0 Å². The fraction of sp³-hybridized carbons (Fsp3) is 1.00. The van der Waals surface area contributed by atoms with Gasteiger partial charge in [-0.15, -0.1) is 0 Å². The summed E-state index contributed by atoms with van der Waals surface area (Å²) >= 11 is 0. The summed E-state index contributed by atoms with van der Waals surface area (Å²) < 4.78 is 0. The Morgan fingerprint density at radius 2 is 1.94 bits per heavy atom. The molecule has 1 aliphatic carbocycles. The van der Waals surface area contributed by atoms with E-state index in [-0.39, 0.29) is 0 Å². The van der Waals surface area contributed by atoms with Gasteiger partial charge in [0.2, 0.25) is 0 Å². The summed E-state index contributed by atoms with van der Waals surface area (Å²) in [6.07, 6.45) is 4.03. The van der Waals surface area contributed by atoms with Gasteiger partial charge < -0.3 is 10.2 Å². The first-order valence-corrected chi connectivity index (χ1v) is 6.96. The lowest BCUT2D eigenvalue weighted by Gasteiger charge is -2.35. The molecule has 0 bridgehead atoms. The summed E-state index contributed by atoms with van der Waals surface area (Å²) in [5, 5.41) is 3.66. The lowest BCUT2D eigenvalue weighted by atomic mass is 9.91. The maximum atomic E-state index is 3.66. The molecule has 96 valence electrons. The van der Waals surface area contributed by atoms with E-state index in [0.29, 0.717) is 11.5 Å². The number of rotatable bonds is 8. The molecular formula is C14H30N2. The van der Waals surface area contributed by atoms with Crippen LogP contribution in [0.25, 0.3) is 0 Å². The van der Waals surface area contributed by atoms with Gasteiger partial charge in [0.15, 0.2) is 0 Å². The van der Waals surface area contributed by atoms with Gasteiger partial charge in [-0.1, -0.05) is 27.7 Å². The van der Waals surface area contributed by atoms with Crippen molar-refractivity contribution in [2.75, 3.05) is 19.6 Å². The molecule has 16 heavy (non-hydrogen) atoms. The number of hydrogen-bond donors (Lipinski definition) is 1. The fourth-order valence-corrected chi connectivity index (χ4v) is 2.15. The summed E-state index contributed by atoms with van der Waals surface area (Å²) in [5.74, 6) is 0. The number of nitrogens with zero attached hydrogens (tertiary/aromatic N) is 1. The zero-order valence-corrected chi connectivity index (χ0v) is 11.8. The van der Waals surface area contributed by atoms with Gasteiger partial charge in [-0.3, -0.25) is 0 Å². The van der Waals surface area contributed by atoms with Crippen LogP contribution in [0.4, 0.5) is 0 Å². The molecule has 1 N–H and O–H groups in total. The quantitative estimate of drug-likeness (QED) is 0.684. The molecule has 0 spiro atoms. The van der Waals surface area contributed by atoms with E-state index in [1.165, 1.54) is 32.4 Å². The van der Waals surface area contributed by atoms with E-state index in [2.05, 4.69) is 44.8 Å². The highest BCUT2D eigenvalue weighted by atomic mass is 15.2. The van der Waals surface area contributed by atoms with Crippen molar-refractivity contribution in [1.82, 2.24) is 10.2 Å². The molecule has 1 atom stereocenters. The topological polar surface area (TPSA) is 15.3 Å². The zero-order valence-electron chi connectivity index (χ0n) is 11.8. The van der Waals surface area contributed by atoms with Crippen molar-refractivity contribution in [3.8, 4) is 0 Å². The molecule has 1 unspecified atom stereocenters. The SMILES string of the molecule is CCC(C)N(CC)CC(C)(C)CNC1CC1. The Bertz CT molecular complexity index is 197. The van der Waals surface area contributed by atoms with Crippen LogP contribution < -0.4 is 5.32 Å². The molecule has 0 aromatic carbocycles. The second-order valence-corrected chi connectivity index (χ2v) is 6.14. The van der Waals surface area contributed by atoms with Crippen LogP contribution in [0, 0.1) is 5.41 Å². The van der Waals surface area contributed by atoms with E-state index in [4.69, 9.17) is 0 Å². The summed E-state index contributed by atoms with van der Waals surface area (Å²) in [4.78, 5) is 2.61. The second kappa shape index (κ2) is 6.02. The smallest absolute Gasteiger partial charge is 0.00684 e. The Balaban J connectivity index is 2.34. The maximum absolute atomic E-state index is 3.66. The van der Waals surface area contributed by atoms with Crippen molar-refractivity contribution in [2.45, 2.75) is 66.0 Å². The minimum Gasteiger partial charge on any atom is -0.313 e. The van der Waals surface area contributed by atoms with Crippen LogP contribution in [0.1, 0.15) is 53.9 Å². The fourth-order valence-electron chi connectivity index (χ4n) is 2.15. The van der Waals surface area contributed by atoms with Gasteiger partial charge in [-0.25, -0.2) is 0 Å². The lowest BCUT2D eigenvalue weighted by molar-refractivity contribution is 0.138. The molecule has 1 aliphatic rings. The van der Waals surface area contributed by atoms with E-state index < -0.39 is 0 Å². The third kappa shape index (κ3) is 4.84. The molecule has 0 radical (unpaired) electrons. The minimum atomic E-state index is 0.391. The molecule has 0 amide bonds. The van der Waals surface area contributed by atoms with Crippen LogP contribution in [-0.2, 0) is 0 Å². The normalized spacial score (nSPS) is 19.1. The van der Waals surface area contributed by atoms with Crippen molar-refractivity contribution in [2.24, 2.45) is 5.41 Å². The van der Waals surface area contributed by atoms with E-state index in [1.807, 2.05) is 0 Å². The van der Waals surface area contributed by atoms with Gasteiger partial charge in [0, 0.05) is 25.2 Å². The van der Waals surface area contributed by atoms with Crippen molar-refractivity contribution in [3.05, 3.63) is 0 Å². The standard InChI is InChI=1S/C14H30N2/c1-6-12(3)16(7-2)11-14(4,5)10-15-13-8-9-13/h12-13,15H,6-11H2,1-5H3. The van der Waals surface area contributed by atoms with Crippen LogP contribution in [0.2, 0.25) is 0 Å². The Kier molecular flexibility index (Phi) is 5.26. The molecule has 2 nitrogen and oxygen atoms in total. The van der Waals surface area contributed by atoms with Crippen molar-refractivity contribution in [1.29, 1.82) is 0 Å². The van der Waals surface area contributed by atoms with Crippen LogP contribution in [0.3, 0.4) is 0 Å². The molecule has 0 aromatic heterocycles. The first-order chi connectivity index (χ1) is 7.48.